The molecule has 0 aromatic heterocycles. The molecule has 138 valence electrons. The van der Waals surface area contributed by atoms with Gasteiger partial charge in [0.15, 0.2) is 0 Å². The van der Waals surface area contributed by atoms with Gasteiger partial charge in [0.05, 0.1) is 0 Å². The molecule has 0 amide bonds. The summed E-state index contributed by atoms with van der Waals surface area (Å²) < 4.78 is 0. The van der Waals surface area contributed by atoms with Crippen molar-refractivity contribution in [2.45, 2.75) is 71.1 Å². The van der Waals surface area contributed by atoms with E-state index in [1.54, 1.807) is 6.08 Å². The van der Waals surface area contributed by atoms with Crippen molar-refractivity contribution in [3.8, 4) is 0 Å². The number of rotatable bonds is 15. The van der Waals surface area contributed by atoms with Gasteiger partial charge in [-0.25, -0.2) is 5.26 Å². The van der Waals surface area contributed by atoms with Gasteiger partial charge < -0.3 is 9.99 Å². The average Bonchev–Trinajstić information content (AvgIpc) is 2.57. The van der Waals surface area contributed by atoms with Gasteiger partial charge in [0.25, 0.3) is 0 Å². The Bertz CT molecular complexity index is 425. The van der Waals surface area contributed by atoms with Crippen LogP contribution < -0.4 is 0 Å². The van der Waals surface area contributed by atoms with Crippen LogP contribution in [0.4, 0.5) is 0 Å². The summed E-state index contributed by atoms with van der Waals surface area (Å²) in [5.41, 5.74) is 0. The molecule has 0 bridgehead atoms. The summed E-state index contributed by atoms with van der Waals surface area (Å²) in [4.78, 5) is 14.7. The summed E-state index contributed by atoms with van der Waals surface area (Å²) in [5.74, 6) is -0.420. The molecule has 0 aliphatic carbocycles. The van der Waals surface area contributed by atoms with Crippen LogP contribution >= 0.6 is 0 Å². The zero-order valence-electron chi connectivity index (χ0n) is 14.8. The molecule has 4 nitrogen and oxygen atoms in total. The fourth-order valence-electron chi connectivity index (χ4n) is 2.09. The zero-order chi connectivity index (χ0) is 17.9. The van der Waals surface area contributed by atoms with E-state index in [2.05, 4.69) is 36.1 Å². The fraction of sp³-hybridized carbons (Fsp3) is 0.550. The van der Waals surface area contributed by atoms with Gasteiger partial charge in [0, 0.05) is 12.8 Å². The van der Waals surface area contributed by atoms with E-state index < -0.39 is 5.97 Å². The van der Waals surface area contributed by atoms with E-state index in [0.717, 1.165) is 12.8 Å². The van der Waals surface area contributed by atoms with Crippen molar-refractivity contribution in [2.24, 2.45) is 0 Å². The van der Waals surface area contributed by atoms with Gasteiger partial charge in [-0.05, 0) is 38.2 Å². The van der Waals surface area contributed by atoms with Crippen molar-refractivity contribution in [3.05, 3.63) is 48.3 Å². The maximum absolute atomic E-state index is 10.4. The minimum atomic E-state index is -0.839. The molecule has 5 heteroatoms. The van der Waals surface area contributed by atoms with Gasteiger partial charge in [0.2, 0.25) is 0 Å². The third-order valence-corrected chi connectivity index (χ3v) is 3.46. The standard InChI is InChI=1S/C20H32O4.Na.H/c1-2-3-4-5-6-7-8-9-10-11-12-13-14-16-19(24-23)17-15-18-20(21)22;;/h7-10,12-13,16,23H,2-6,11,14-15,17-18H2,1H3,(H,21,22);;/b8-7+,10-9+,13-12+,19-16-;;. The Morgan fingerprint density at radius 3 is 2.32 bits per heavy atom. The molecule has 25 heavy (non-hydrogen) atoms. The van der Waals surface area contributed by atoms with Crippen LogP contribution in [0.3, 0.4) is 0 Å². The average molecular weight is 360 g/mol. The summed E-state index contributed by atoms with van der Waals surface area (Å²) in [6.45, 7) is 2.22. The number of unbranched alkanes of at least 4 members (excludes halogenated alkanes) is 4. The van der Waals surface area contributed by atoms with E-state index in [1.807, 2.05) is 12.2 Å². The molecule has 0 fully saturated rings. The maximum atomic E-state index is 10.4. The number of carboxylic acid groups (broad SMARTS) is 1. The Balaban J connectivity index is 0. The quantitative estimate of drug-likeness (QED) is 0.0782. The van der Waals surface area contributed by atoms with Gasteiger partial charge in [0.1, 0.15) is 5.76 Å². The van der Waals surface area contributed by atoms with Crippen LogP contribution in [0.2, 0.25) is 0 Å². The number of allylic oxidation sites excluding steroid dienone is 8. The van der Waals surface area contributed by atoms with Crippen molar-refractivity contribution in [1.29, 1.82) is 0 Å². The van der Waals surface area contributed by atoms with Crippen molar-refractivity contribution < 1.29 is 20.0 Å². The first kappa shape index (κ1) is 26.4. The third kappa shape index (κ3) is 21.1. The van der Waals surface area contributed by atoms with Crippen LogP contribution in [-0.2, 0) is 9.68 Å². The van der Waals surface area contributed by atoms with Crippen LogP contribution in [0.25, 0.3) is 0 Å². The normalized spacial score (nSPS) is 12.2. The predicted molar refractivity (Wildman–Crippen MR) is 106 cm³/mol. The van der Waals surface area contributed by atoms with Crippen molar-refractivity contribution in [1.82, 2.24) is 0 Å². The van der Waals surface area contributed by atoms with E-state index in [9.17, 15) is 4.79 Å². The van der Waals surface area contributed by atoms with E-state index in [1.165, 1.54) is 25.7 Å². The fourth-order valence-corrected chi connectivity index (χ4v) is 2.09. The number of aliphatic carboxylic acids is 1. The van der Waals surface area contributed by atoms with Crippen molar-refractivity contribution >= 4 is 35.5 Å². The molecular formula is C20H33NaO4. The van der Waals surface area contributed by atoms with Crippen LogP contribution in [0.5, 0.6) is 0 Å². The molecule has 2 N–H and O–H groups in total. The first-order valence-electron chi connectivity index (χ1n) is 8.89. The van der Waals surface area contributed by atoms with Crippen LogP contribution in [0.1, 0.15) is 71.1 Å². The van der Waals surface area contributed by atoms with Gasteiger partial charge >= 0.3 is 35.5 Å². The van der Waals surface area contributed by atoms with Crippen LogP contribution in [0, 0.1) is 0 Å². The van der Waals surface area contributed by atoms with Gasteiger partial charge in [-0.3, -0.25) is 4.79 Å². The first-order valence-corrected chi connectivity index (χ1v) is 8.89. The summed E-state index contributed by atoms with van der Waals surface area (Å²) in [5, 5.41) is 17.3. The van der Waals surface area contributed by atoms with E-state index in [-0.39, 0.29) is 36.0 Å². The zero-order valence-corrected chi connectivity index (χ0v) is 14.8. The molecule has 0 unspecified atom stereocenters. The summed E-state index contributed by atoms with van der Waals surface area (Å²) >= 11 is 0. The molecule has 0 aliphatic rings. The van der Waals surface area contributed by atoms with Crippen molar-refractivity contribution in [2.75, 3.05) is 0 Å². The Hall–Kier alpha value is -0.810. The topological polar surface area (TPSA) is 66.8 Å². The second-order valence-corrected chi connectivity index (χ2v) is 5.66. The van der Waals surface area contributed by atoms with Crippen molar-refractivity contribution in [3.63, 3.8) is 0 Å². The number of carbonyl (C=O) groups is 1. The second-order valence-electron chi connectivity index (χ2n) is 5.66. The van der Waals surface area contributed by atoms with Crippen LogP contribution in [-0.4, -0.2) is 45.9 Å². The summed E-state index contributed by atoms with van der Waals surface area (Å²) in [6, 6.07) is 0. The first-order chi connectivity index (χ1) is 11.7. The molecular weight excluding hydrogens is 327 g/mol. The van der Waals surface area contributed by atoms with E-state index in [0.29, 0.717) is 25.0 Å². The Kier molecular flexibility index (Phi) is 22.4. The number of carboxylic acids is 1. The molecule has 0 aliphatic heterocycles. The molecule has 0 aromatic rings. The minimum absolute atomic E-state index is 0. The van der Waals surface area contributed by atoms with E-state index in [4.69, 9.17) is 10.4 Å². The van der Waals surface area contributed by atoms with Gasteiger partial charge in [-0.1, -0.05) is 62.6 Å². The molecule has 0 saturated carbocycles. The molecule has 0 saturated heterocycles. The molecule has 0 atom stereocenters. The molecule has 0 rings (SSSR count). The predicted octanol–water partition coefficient (Wildman–Crippen LogP) is 5.39. The van der Waals surface area contributed by atoms with Gasteiger partial charge in [-0.2, -0.15) is 0 Å². The molecule has 0 aromatic carbocycles. The monoisotopic (exact) mass is 360 g/mol. The second kappa shape index (κ2) is 21.2. The number of hydrogen-bond acceptors (Lipinski definition) is 3. The molecule has 0 radical (unpaired) electrons. The van der Waals surface area contributed by atoms with E-state index >= 15 is 0 Å². The SMILES string of the molecule is CCCCCC/C=C/C=C/C/C=C/C/C=C(/CCCC(=O)O)OO.[NaH]. The molecule has 0 heterocycles. The summed E-state index contributed by atoms with van der Waals surface area (Å²) in [7, 11) is 0. The summed E-state index contributed by atoms with van der Waals surface area (Å²) in [6.07, 6.45) is 23.1. The Morgan fingerprint density at radius 2 is 1.64 bits per heavy atom. The van der Waals surface area contributed by atoms with Crippen LogP contribution in [0.15, 0.2) is 48.3 Å². The Labute approximate surface area is 174 Å². The Morgan fingerprint density at radius 1 is 0.920 bits per heavy atom. The van der Waals surface area contributed by atoms with Gasteiger partial charge in [-0.15, -0.1) is 0 Å². The third-order valence-electron chi connectivity index (χ3n) is 3.46. The number of hydrogen-bond donors (Lipinski definition) is 2. The molecule has 0 spiro atoms.